The Morgan fingerprint density at radius 3 is 2.76 bits per heavy atom. The number of carbonyl (C=O) groups is 1. The summed E-state index contributed by atoms with van der Waals surface area (Å²) in [5.41, 5.74) is 6.75. The summed E-state index contributed by atoms with van der Waals surface area (Å²) < 4.78 is 0. The maximum Gasteiger partial charge on any atom is 0.222 e. The number of fused-ring (bicyclic) bond motifs is 1. The average Bonchev–Trinajstić information content (AvgIpc) is 2.88. The van der Waals surface area contributed by atoms with Crippen molar-refractivity contribution in [1.29, 1.82) is 0 Å². The van der Waals surface area contributed by atoms with Crippen LogP contribution in [0, 0.1) is 0 Å². The first-order valence-electron chi connectivity index (χ1n) is 8.12. The Kier molecular flexibility index (Phi) is 6.64. The van der Waals surface area contributed by atoms with Crippen LogP contribution in [0.2, 0.25) is 0 Å². The van der Waals surface area contributed by atoms with Crippen molar-refractivity contribution in [3.05, 3.63) is 15.6 Å². The molecule has 0 spiro atoms. The maximum absolute atomic E-state index is 12.1. The van der Waals surface area contributed by atoms with Crippen LogP contribution < -0.4 is 5.73 Å². The molecule has 0 saturated heterocycles. The van der Waals surface area contributed by atoms with E-state index in [4.69, 9.17) is 10.7 Å². The third-order valence-electron chi connectivity index (χ3n) is 4.03. The van der Waals surface area contributed by atoms with Crippen molar-refractivity contribution < 1.29 is 4.79 Å². The van der Waals surface area contributed by atoms with Crippen molar-refractivity contribution in [3.63, 3.8) is 0 Å². The van der Waals surface area contributed by atoms with Crippen molar-refractivity contribution in [2.45, 2.75) is 64.3 Å². The highest BCUT2D eigenvalue weighted by Gasteiger charge is 2.17. The summed E-state index contributed by atoms with van der Waals surface area (Å²) in [5.74, 6) is 0.232. The topological polar surface area (TPSA) is 59.2 Å². The van der Waals surface area contributed by atoms with Crippen molar-refractivity contribution in [2.75, 3.05) is 13.6 Å². The van der Waals surface area contributed by atoms with Gasteiger partial charge >= 0.3 is 0 Å². The number of aryl methyl sites for hydroxylation is 2. The molecule has 4 nitrogen and oxygen atoms in total. The molecule has 0 saturated carbocycles. The van der Waals surface area contributed by atoms with Crippen molar-refractivity contribution in [2.24, 2.45) is 5.73 Å². The molecule has 0 radical (unpaired) electrons. The molecule has 0 fully saturated rings. The van der Waals surface area contributed by atoms with E-state index in [1.807, 2.05) is 11.9 Å². The van der Waals surface area contributed by atoms with Gasteiger partial charge in [0.25, 0.3) is 0 Å². The van der Waals surface area contributed by atoms with E-state index < -0.39 is 0 Å². The van der Waals surface area contributed by atoms with E-state index in [1.54, 1.807) is 11.3 Å². The summed E-state index contributed by atoms with van der Waals surface area (Å²) >= 11 is 1.80. The predicted molar refractivity (Wildman–Crippen MR) is 87.4 cm³/mol. The van der Waals surface area contributed by atoms with Gasteiger partial charge in [-0.15, -0.1) is 11.3 Å². The second kappa shape index (κ2) is 8.49. The molecule has 0 unspecified atom stereocenters. The first-order valence-corrected chi connectivity index (χ1v) is 8.94. The Labute approximate surface area is 131 Å². The predicted octanol–water partition coefficient (Wildman–Crippen LogP) is 2.89. The van der Waals surface area contributed by atoms with E-state index in [2.05, 4.69) is 0 Å². The highest BCUT2D eigenvalue weighted by Crippen LogP contribution is 2.27. The number of aromatic nitrogens is 1. The Balaban J connectivity index is 1.74. The molecule has 118 valence electrons. The normalized spacial score (nSPS) is 14.0. The molecule has 1 aliphatic carbocycles. The van der Waals surface area contributed by atoms with Gasteiger partial charge in [0.2, 0.25) is 5.91 Å². The van der Waals surface area contributed by atoms with Crippen molar-refractivity contribution >= 4 is 17.2 Å². The van der Waals surface area contributed by atoms with Crippen LogP contribution in [0.3, 0.4) is 0 Å². The Hall–Kier alpha value is -0.940. The van der Waals surface area contributed by atoms with Crippen LogP contribution in [0.5, 0.6) is 0 Å². The van der Waals surface area contributed by atoms with Crippen molar-refractivity contribution in [3.8, 4) is 0 Å². The molecule has 5 heteroatoms. The van der Waals surface area contributed by atoms with Gasteiger partial charge in [-0.1, -0.05) is 12.8 Å². The molecule has 1 aliphatic rings. The van der Waals surface area contributed by atoms with Gasteiger partial charge in [-0.2, -0.15) is 0 Å². The minimum absolute atomic E-state index is 0.232. The maximum atomic E-state index is 12.1. The SMILES string of the molecule is CN(Cc1nc2c(s1)CCCC2)C(=O)CCCCCCN. The molecule has 1 heterocycles. The minimum Gasteiger partial charge on any atom is -0.339 e. The van der Waals surface area contributed by atoms with Gasteiger partial charge < -0.3 is 10.6 Å². The molecule has 0 aromatic carbocycles. The summed E-state index contributed by atoms with van der Waals surface area (Å²) in [4.78, 5) is 20.1. The summed E-state index contributed by atoms with van der Waals surface area (Å²) in [6.45, 7) is 1.42. The van der Waals surface area contributed by atoms with Crippen LogP contribution in [-0.4, -0.2) is 29.4 Å². The van der Waals surface area contributed by atoms with Gasteiger partial charge in [-0.3, -0.25) is 4.79 Å². The van der Waals surface area contributed by atoms with E-state index >= 15 is 0 Å². The summed E-state index contributed by atoms with van der Waals surface area (Å²) in [7, 11) is 1.89. The molecular weight excluding hydrogens is 282 g/mol. The van der Waals surface area contributed by atoms with Gasteiger partial charge in [-0.05, 0) is 45.1 Å². The van der Waals surface area contributed by atoms with Crippen molar-refractivity contribution in [1.82, 2.24) is 9.88 Å². The first kappa shape index (κ1) is 16.4. The van der Waals surface area contributed by atoms with Crippen LogP contribution in [0.15, 0.2) is 0 Å². The highest BCUT2D eigenvalue weighted by atomic mass is 32.1. The molecule has 0 bridgehead atoms. The number of unbranched alkanes of at least 4 members (excludes halogenated alkanes) is 3. The van der Waals surface area contributed by atoms with Crippen LogP contribution in [0.1, 0.15) is 60.5 Å². The summed E-state index contributed by atoms with van der Waals surface area (Å²) in [5, 5.41) is 1.10. The number of nitrogens with two attached hydrogens (primary N) is 1. The molecule has 0 aliphatic heterocycles. The monoisotopic (exact) mass is 309 g/mol. The second-order valence-corrected chi connectivity index (χ2v) is 7.06. The standard InChI is InChI=1S/C16H27N3OS/c1-19(16(20)10-4-2-3-7-11-17)12-15-18-13-8-5-6-9-14(13)21-15/h2-12,17H2,1H3. The Morgan fingerprint density at radius 1 is 1.24 bits per heavy atom. The fraction of sp³-hybridized carbons (Fsp3) is 0.750. The van der Waals surface area contributed by atoms with Crippen LogP contribution in [-0.2, 0) is 24.2 Å². The molecule has 2 N–H and O–H groups in total. The Morgan fingerprint density at radius 2 is 2.00 bits per heavy atom. The number of rotatable bonds is 8. The largest absolute Gasteiger partial charge is 0.339 e. The number of nitrogens with zero attached hydrogens (tertiary/aromatic N) is 2. The lowest BCUT2D eigenvalue weighted by atomic mass is 10.0. The third kappa shape index (κ3) is 5.08. The lowest BCUT2D eigenvalue weighted by Crippen LogP contribution is -2.25. The van der Waals surface area contributed by atoms with E-state index in [1.165, 1.54) is 29.8 Å². The van der Waals surface area contributed by atoms with Crippen LogP contribution in [0.4, 0.5) is 0 Å². The molecule has 1 aromatic heterocycles. The zero-order chi connectivity index (χ0) is 15.1. The first-order chi connectivity index (χ1) is 10.2. The smallest absolute Gasteiger partial charge is 0.222 e. The van der Waals surface area contributed by atoms with Gasteiger partial charge in [-0.25, -0.2) is 4.98 Å². The van der Waals surface area contributed by atoms with Gasteiger partial charge in [0, 0.05) is 18.3 Å². The minimum atomic E-state index is 0.232. The van der Waals surface area contributed by atoms with E-state index in [9.17, 15) is 4.79 Å². The van der Waals surface area contributed by atoms with E-state index in [0.717, 1.165) is 43.7 Å². The molecule has 0 atom stereocenters. The summed E-state index contributed by atoms with van der Waals surface area (Å²) in [6.07, 6.45) is 9.74. The summed E-state index contributed by atoms with van der Waals surface area (Å²) in [6, 6.07) is 0. The highest BCUT2D eigenvalue weighted by molar-refractivity contribution is 7.11. The lowest BCUT2D eigenvalue weighted by molar-refractivity contribution is -0.130. The molecule has 21 heavy (non-hydrogen) atoms. The quantitative estimate of drug-likeness (QED) is 0.751. The van der Waals surface area contributed by atoms with Gasteiger partial charge in [0.15, 0.2) is 0 Å². The molecule has 1 aromatic rings. The third-order valence-corrected chi connectivity index (χ3v) is 5.18. The fourth-order valence-corrected chi connectivity index (χ4v) is 3.94. The molecule has 1 amide bonds. The second-order valence-electron chi connectivity index (χ2n) is 5.89. The van der Waals surface area contributed by atoms with Crippen LogP contribution in [0.25, 0.3) is 0 Å². The zero-order valence-electron chi connectivity index (χ0n) is 13.1. The number of carbonyl (C=O) groups excluding carboxylic acids is 1. The number of hydrogen-bond donors (Lipinski definition) is 1. The van der Waals surface area contributed by atoms with E-state index in [-0.39, 0.29) is 5.91 Å². The van der Waals surface area contributed by atoms with Gasteiger partial charge in [0.1, 0.15) is 5.01 Å². The number of thiazole rings is 1. The molecule has 2 rings (SSSR count). The van der Waals surface area contributed by atoms with Gasteiger partial charge in [0.05, 0.1) is 12.2 Å². The lowest BCUT2D eigenvalue weighted by Gasteiger charge is -2.15. The van der Waals surface area contributed by atoms with Crippen LogP contribution >= 0.6 is 11.3 Å². The Bertz CT molecular complexity index is 435. The molecular formula is C16H27N3OS. The number of hydrogen-bond acceptors (Lipinski definition) is 4. The zero-order valence-corrected chi connectivity index (χ0v) is 13.9. The fourth-order valence-electron chi connectivity index (χ4n) is 2.73. The average molecular weight is 309 g/mol. The van der Waals surface area contributed by atoms with E-state index in [0.29, 0.717) is 13.0 Å². The number of amides is 1.